The number of alkyl halides is 3. The zero-order valence-electron chi connectivity index (χ0n) is 17.3. The Hall–Kier alpha value is -2.71. The molecule has 0 saturated heterocycles. The van der Waals surface area contributed by atoms with Gasteiger partial charge >= 0.3 is 12.1 Å². The third-order valence-corrected chi connectivity index (χ3v) is 5.11. The van der Waals surface area contributed by atoms with Crippen molar-refractivity contribution < 1.29 is 27.4 Å². The van der Waals surface area contributed by atoms with Crippen LogP contribution in [0, 0.1) is 6.92 Å². The van der Waals surface area contributed by atoms with Crippen LogP contribution < -0.4 is 4.74 Å². The maximum atomic E-state index is 13.6. The number of hydrogen-bond acceptors (Lipinski definition) is 4. The number of benzene rings is 2. The molecule has 3 aromatic rings. The molecule has 0 aliphatic heterocycles. The van der Waals surface area contributed by atoms with Crippen LogP contribution in [0.2, 0.25) is 10.0 Å². The zero-order valence-corrected chi connectivity index (χ0v) is 18.8. The first-order valence-electron chi connectivity index (χ1n) is 9.58. The third kappa shape index (κ3) is 4.86. The molecule has 10 heteroatoms. The molecule has 1 aromatic heterocycles. The van der Waals surface area contributed by atoms with E-state index >= 15 is 0 Å². The Labute approximate surface area is 192 Å². The van der Waals surface area contributed by atoms with Crippen LogP contribution in [0.4, 0.5) is 13.2 Å². The van der Waals surface area contributed by atoms with Gasteiger partial charge in [0.1, 0.15) is 11.6 Å². The Morgan fingerprint density at radius 2 is 1.84 bits per heavy atom. The molecule has 5 nitrogen and oxygen atoms in total. The zero-order chi connectivity index (χ0) is 23.6. The Morgan fingerprint density at radius 3 is 2.41 bits per heavy atom. The van der Waals surface area contributed by atoms with E-state index in [0.717, 1.165) is 0 Å². The summed E-state index contributed by atoms with van der Waals surface area (Å²) in [7, 11) is 0. The van der Waals surface area contributed by atoms with Gasteiger partial charge in [0.25, 0.3) is 0 Å². The summed E-state index contributed by atoms with van der Waals surface area (Å²) in [5.74, 6) is -0.520. The summed E-state index contributed by atoms with van der Waals surface area (Å²) in [6.45, 7) is 4.21. The van der Waals surface area contributed by atoms with Gasteiger partial charge in [-0.25, -0.2) is 14.2 Å². The minimum absolute atomic E-state index is 0.0750. The molecular formula is C22H19Cl2F3N2O3. The van der Waals surface area contributed by atoms with E-state index in [1.165, 1.54) is 30.3 Å². The summed E-state index contributed by atoms with van der Waals surface area (Å²) in [5.41, 5.74) is 1.50. The van der Waals surface area contributed by atoms with Gasteiger partial charge in [0.2, 0.25) is 6.17 Å². The lowest BCUT2D eigenvalue weighted by Crippen LogP contribution is -2.34. The van der Waals surface area contributed by atoms with Gasteiger partial charge in [-0.05, 0) is 63.2 Å². The SMILES string of the molecule is CCOC(=O)c1nc(-c2ccc(Cl)cc2Cl)n(-c2ccc(OC(F)(F)C(C)F)cc2)c1C. The predicted molar refractivity (Wildman–Crippen MR) is 116 cm³/mol. The monoisotopic (exact) mass is 486 g/mol. The predicted octanol–water partition coefficient (Wildman–Crippen LogP) is 6.66. The van der Waals surface area contributed by atoms with Crippen LogP contribution in [-0.2, 0) is 4.74 Å². The lowest BCUT2D eigenvalue weighted by atomic mass is 10.2. The molecule has 0 fully saturated rings. The number of imidazole rings is 1. The summed E-state index contributed by atoms with van der Waals surface area (Å²) in [6, 6.07) is 10.3. The van der Waals surface area contributed by atoms with E-state index in [1.807, 2.05) is 0 Å². The number of carbonyl (C=O) groups excluding carboxylic acids is 1. The van der Waals surface area contributed by atoms with E-state index in [-0.39, 0.29) is 18.1 Å². The van der Waals surface area contributed by atoms with Crippen molar-refractivity contribution in [3.8, 4) is 22.8 Å². The van der Waals surface area contributed by atoms with Gasteiger partial charge in [-0.1, -0.05) is 23.2 Å². The van der Waals surface area contributed by atoms with Crippen LogP contribution in [0.15, 0.2) is 42.5 Å². The van der Waals surface area contributed by atoms with Crippen LogP contribution in [0.1, 0.15) is 30.0 Å². The van der Waals surface area contributed by atoms with Crippen molar-refractivity contribution in [2.45, 2.75) is 33.1 Å². The van der Waals surface area contributed by atoms with Crippen molar-refractivity contribution >= 4 is 29.2 Å². The van der Waals surface area contributed by atoms with Crippen LogP contribution in [0.3, 0.4) is 0 Å². The second-order valence-corrected chi connectivity index (χ2v) is 7.67. The quantitative estimate of drug-likeness (QED) is 0.350. The minimum Gasteiger partial charge on any atom is -0.461 e. The molecule has 0 spiro atoms. The Kier molecular flexibility index (Phi) is 7.05. The van der Waals surface area contributed by atoms with E-state index in [9.17, 15) is 18.0 Å². The van der Waals surface area contributed by atoms with Crippen molar-refractivity contribution in [3.05, 3.63) is 63.9 Å². The highest BCUT2D eigenvalue weighted by Gasteiger charge is 2.39. The fraction of sp³-hybridized carbons (Fsp3) is 0.273. The van der Waals surface area contributed by atoms with Crippen LogP contribution in [-0.4, -0.2) is 34.4 Å². The van der Waals surface area contributed by atoms with Crippen molar-refractivity contribution in [2.24, 2.45) is 0 Å². The topological polar surface area (TPSA) is 53.3 Å². The third-order valence-electron chi connectivity index (χ3n) is 4.56. The second kappa shape index (κ2) is 9.42. The average molecular weight is 487 g/mol. The molecule has 0 aliphatic carbocycles. The van der Waals surface area contributed by atoms with Crippen LogP contribution in [0.5, 0.6) is 5.75 Å². The normalized spacial score (nSPS) is 12.5. The van der Waals surface area contributed by atoms with Gasteiger partial charge in [0.15, 0.2) is 5.69 Å². The smallest absolute Gasteiger partial charge is 0.429 e. The lowest BCUT2D eigenvalue weighted by molar-refractivity contribution is -0.215. The number of ether oxygens (including phenoxy) is 2. The summed E-state index contributed by atoms with van der Waals surface area (Å²) < 4.78 is 51.3. The van der Waals surface area contributed by atoms with Crippen molar-refractivity contribution in [1.82, 2.24) is 9.55 Å². The van der Waals surface area contributed by atoms with Crippen molar-refractivity contribution in [1.29, 1.82) is 0 Å². The number of aromatic nitrogens is 2. The van der Waals surface area contributed by atoms with E-state index < -0.39 is 18.2 Å². The highest BCUT2D eigenvalue weighted by molar-refractivity contribution is 6.36. The lowest BCUT2D eigenvalue weighted by Gasteiger charge is -2.19. The standard InChI is InChI=1S/C22H19Cl2F3N2O3/c1-4-31-21(30)19-12(2)29(20(28-19)17-10-5-14(23)11-18(17)24)15-6-8-16(9-7-15)32-22(26,27)13(3)25/h5-11,13H,4H2,1-3H3. The fourth-order valence-electron chi connectivity index (χ4n) is 2.96. The van der Waals surface area contributed by atoms with Gasteiger partial charge in [0.05, 0.1) is 17.3 Å². The number of nitrogens with zero attached hydrogens (tertiary/aromatic N) is 2. The Bertz CT molecular complexity index is 1130. The molecule has 1 unspecified atom stereocenters. The first kappa shape index (κ1) is 23.9. The summed E-state index contributed by atoms with van der Waals surface area (Å²) in [5, 5.41) is 0.722. The molecule has 1 atom stereocenters. The van der Waals surface area contributed by atoms with Gasteiger partial charge in [-0.3, -0.25) is 4.57 Å². The number of hydrogen-bond donors (Lipinski definition) is 0. The molecule has 2 aromatic carbocycles. The van der Waals surface area contributed by atoms with Gasteiger partial charge in [-0.2, -0.15) is 8.78 Å². The molecule has 170 valence electrons. The van der Waals surface area contributed by atoms with Gasteiger partial charge in [-0.15, -0.1) is 0 Å². The molecular weight excluding hydrogens is 468 g/mol. The highest BCUT2D eigenvalue weighted by atomic mass is 35.5. The fourth-order valence-corrected chi connectivity index (χ4v) is 3.46. The number of esters is 1. The maximum Gasteiger partial charge on any atom is 0.429 e. The first-order valence-corrected chi connectivity index (χ1v) is 10.3. The van der Waals surface area contributed by atoms with Crippen molar-refractivity contribution in [3.63, 3.8) is 0 Å². The van der Waals surface area contributed by atoms with Crippen LogP contribution in [0.25, 0.3) is 17.1 Å². The highest BCUT2D eigenvalue weighted by Crippen LogP contribution is 2.34. The Balaban J connectivity index is 2.11. The van der Waals surface area contributed by atoms with Gasteiger partial charge < -0.3 is 9.47 Å². The second-order valence-electron chi connectivity index (χ2n) is 6.82. The molecule has 0 radical (unpaired) electrons. The molecule has 0 aliphatic rings. The molecule has 32 heavy (non-hydrogen) atoms. The number of carbonyl (C=O) groups is 1. The molecule has 0 N–H and O–H groups in total. The Morgan fingerprint density at radius 1 is 1.19 bits per heavy atom. The minimum atomic E-state index is -3.97. The maximum absolute atomic E-state index is 13.6. The van der Waals surface area contributed by atoms with E-state index in [0.29, 0.717) is 39.7 Å². The number of halogens is 5. The van der Waals surface area contributed by atoms with E-state index in [1.54, 1.807) is 30.5 Å². The molecule has 0 bridgehead atoms. The molecule has 3 rings (SSSR count). The number of rotatable bonds is 7. The molecule has 0 amide bonds. The van der Waals surface area contributed by atoms with E-state index in [4.69, 9.17) is 27.9 Å². The summed E-state index contributed by atoms with van der Waals surface area (Å²) >= 11 is 12.4. The van der Waals surface area contributed by atoms with Crippen molar-refractivity contribution in [2.75, 3.05) is 6.61 Å². The summed E-state index contributed by atoms with van der Waals surface area (Å²) in [4.78, 5) is 16.8. The molecule has 0 saturated carbocycles. The van der Waals surface area contributed by atoms with Crippen LogP contribution >= 0.6 is 23.2 Å². The summed E-state index contributed by atoms with van der Waals surface area (Å²) in [6.07, 6.45) is -6.45. The van der Waals surface area contributed by atoms with Gasteiger partial charge in [0, 0.05) is 16.3 Å². The molecule has 1 heterocycles. The average Bonchev–Trinajstić information content (AvgIpc) is 3.05. The van der Waals surface area contributed by atoms with E-state index in [2.05, 4.69) is 9.72 Å². The largest absolute Gasteiger partial charge is 0.461 e. The first-order chi connectivity index (χ1) is 15.0.